The highest BCUT2D eigenvalue weighted by molar-refractivity contribution is 5.89. The van der Waals surface area contributed by atoms with Gasteiger partial charge in [0.15, 0.2) is 0 Å². The fourth-order valence-corrected chi connectivity index (χ4v) is 1.75. The molecule has 110 valence electrons. The summed E-state index contributed by atoms with van der Waals surface area (Å²) in [6.07, 6.45) is 0.470. The summed E-state index contributed by atoms with van der Waals surface area (Å²) in [6.45, 7) is 3.75. The van der Waals surface area contributed by atoms with Gasteiger partial charge in [-0.15, -0.1) is 0 Å². The van der Waals surface area contributed by atoms with E-state index in [9.17, 15) is 9.59 Å². The minimum Gasteiger partial charge on any atom is -0.496 e. The van der Waals surface area contributed by atoms with Crippen LogP contribution in [-0.4, -0.2) is 30.8 Å². The minimum atomic E-state index is -0.909. The van der Waals surface area contributed by atoms with Crippen LogP contribution < -0.4 is 15.4 Å². The number of carboxylic acid groups (broad SMARTS) is 1. The van der Waals surface area contributed by atoms with Gasteiger partial charge in [-0.05, 0) is 37.1 Å². The molecule has 0 fully saturated rings. The van der Waals surface area contributed by atoms with Gasteiger partial charge in [0.2, 0.25) is 0 Å². The molecule has 1 aromatic rings. The lowest BCUT2D eigenvalue weighted by Gasteiger charge is -2.13. The summed E-state index contributed by atoms with van der Waals surface area (Å²) in [6, 6.07) is 4.85. The summed E-state index contributed by atoms with van der Waals surface area (Å²) in [4.78, 5) is 22.5. The molecule has 0 radical (unpaired) electrons. The first-order valence-electron chi connectivity index (χ1n) is 6.40. The molecule has 0 aliphatic heterocycles. The van der Waals surface area contributed by atoms with Crippen molar-refractivity contribution in [3.8, 4) is 5.75 Å². The topological polar surface area (TPSA) is 87.7 Å². The van der Waals surface area contributed by atoms with Crippen LogP contribution in [0.1, 0.15) is 18.9 Å². The second-order valence-electron chi connectivity index (χ2n) is 4.46. The van der Waals surface area contributed by atoms with Crippen molar-refractivity contribution in [2.75, 3.05) is 19.0 Å². The fourth-order valence-electron chi connectivity index (χ4n) is 1.75. The molecule has 1 atom stereocenters. The number of hydrogen-bond acceptors (Lipinski definition) is 3. The number of urea groups is 1. The summed E-state index contributed by atoms with van der Waals surface area (Å²) >= 11 is 0. The van der Waals surface area contributed by atoms with E-state index in [-0.39, 0.29) is 6.54 Å². The Labute approximate surface area is 118 Å². The van der Waals surface area contributed by atoms with Gasteiger partial charge in [-0.1, -0.05) is 6.92 Å². The maximum atomic E-state index is 11.7. The number of hydrogen-bond donors (Lipinski definition) is 3. The zero-order chi connectivity index (χ0) is 15.1. The molecular formula is C14H20N2O4. The van der Waals surface area contributed by atoms with Crippen LogP contribution >= 0.6 is 0 Å². The van der Waals surface area contributed by atoms with E-state index in [2.05, 4.69) is 10.6 Å². The molecule has 6 heteroatoms. The van der Waals surface area contributed by atoms with E-state index in [1.807, 2.05) is 6.92 Å². The van der Waals surface area contributed by atoms with E-state index in [0.29, 0.717) is 12.1 Å². The second-order valence-corrected chi connectivity index (χ2v) is 4.46. The van der Waals surface area contributed by atoms with Crippen LogP contribution in [0.4, 0.5) is 10.5 Å². The highest BCUT2D eigenvalue weighted by atomic mass is 16.5. The Hall–Kier alpha value is -2.24. The summed E-state index contributed by atoms with van der Waals surface area (Å²) in [7, 11) is 1.58. The summed E-state index contributed by atoms with van der Waals surface area (Å²) < 4.78 is 5.13. The van der Waals surface area contributed by atoms with Crippen LogP contribution in [0.5, 0.6) is 5.75 Å². The largest absolute Gasteiger partial charge is 0.496 e. The van der Waals surface area contributed by atoms with E-state index in [1.165, 1.54) is 0 Å². The third kappa shape index (κ3) is 4.46. The third-order valence-corrected chi connectivity index (χ3v) is 3.00. The van der Waals surface area contributed by atoms with Crippen molar-refractivity contribution >= 4 is 17.7 Å². The fraction of sp³-hybridized carbons (Fsp3) is 0.429. The lowest BCUT2D eigenvalue weighted by atomic mass is 10.1. The van der Waals surface area contributed by atoms with Crippen LogP contribution in [0, 0.1) is 12.8 Å². The monoisotopic (exact) mass is 280 g/mol. The van der Waals surface area contributed by atoms with Gasteiger partial charge >= 0.3 is 12.0 Å². The number of nitrogens with one attached hydrogen (secondary N) is 2. The highest BCUT2D eigenvalue weighted by Crippen LogP contribution is 2.21. The summed E-state index contributed by atoms with van der Waals surface area (Å²) in [5.41, 5.74) is 1.53. The number of rotatable bonds is 6. The Bertz CT molecular complexity index is 488. The Kier molecular flexibility index (Phi) is 5.83. The predicted molar refractivity (Wildman–Crippen MR) is 76.2 cm³/mol. The summed E-state index contributed by atoms with van der Waals surface area (Å²) in [5.74, 6) is -0.737. The van der Waals surface area contributed by atoms with Crippen molar-refractivity contribution in [3.63, 3.8) is 0 Å². The molecule has 1 unspecified atom stereocenters. The molecule has 2 amide bonds. The number of aryl methyl sites for hydroxylation is 1. The number of aliphatic carboxylic acids is 1. The molecule has 20 heavy (non-hydrogen) atoms. The SMILES string of the molecule is CCC(CNC(=O)Nc1ccc(OC)c(C)c1)C(=O)O. The maximum Gasteiger partial charge on any atom is 0.319 e. The Morgan fingerprint density at radius 3 is 2.60 bits per heavy atom. The molecule has 3 N–H and O–H groups in total. The number of ether oxygens (including phenoxy) is 1. The molecule has 0 aliphatic rings. The number of carboxylic acids is 1. The Morgan fingerprint density at radius 1 is 1.40 bits per heavy atom. The number of carbonyl (C=O) groups excluding carboxylic acids is 1. The first-order chi connectivity index (χ1) is 9.47. The number of benzene rings is 1. The molecule has 0 bridgehead atoms. The Balaban J connectivity index is 2.54. The molecule has 0 heterocycles. The van der Waals surface area contributed by atoms with E-state index in [0.717, 1.165) is 11.3 Å². The number of carbonyl (C=O) groups is 2. The predicted octanol–water partition coefficient (Wildman–Crippen LogP) is 2.24. The first kappa shape index (κ1) is 15.8. The third-order valence-electron chi connectivity index (χ3n) is 3.00. The van der Waals surface area contributed by atoms with Gasteiger partial charge < -0.3 is 20.5 Å². The van der Waals surface area contributed by atoms with Gasteiger partial charge in [0.25, 0.3) is 0 Å². The smallest absolute Gasteiger partial charge is 0.319 e. The van der Waals surface area contributed by atoms with Crippen molar-refractivity contribution in [2.24, 2.45) is 5.92 Å². The molecule has 0 aromatic heterocycles. The first-order valence-corrected chi connectivity index (χ1v) is 6.40. The Morgan fingerprint density at radius 2 is 2.10 bits per heavy atom. The number of anilines is 1. The maximum absolute atomic E-state index is 11.7. The second kappa shape index (κ2) is 7.37. The number of methoxy groups -OCH3 is 1. The van der Waals surface area contributed by atoms with Gasteiger partial charge in [0.1, 0.15) is 5.75 Å². The average Bonchev–Trinajstić information content (AvgIpc) is 2.39. The molecule has 1 aromatic carbocycles. The molecule has 0 aliphatic carbocycles. The van der Waals surface area contributed by atoms with E-state index >= 15 is 0 Å². The van der Waals surface area contributed by atoms with E-state index < -0.39 is 17.9 Å². The van der Waals surface area contributed by atoms with Crippen molar-refractivity contribution < 1.29 is 19.4 Å². The average molecular weight is 280 g/mol. The zero-order valence-electron chi connectivity index (χ0n) is 11.9. The van der Waals surface area contributed by atoms with Crippen LogP contribution in [0.15, 0.2) is 18.2 Å². The lowest BCUT2D eigenvalue weighted by Crippen LogP contribution is -2.35. The lowest BCUT2D eigenvalue weighted by molar-refractivity contribution is -0.141. The van der Waals surface area contributed by atoms with Crippen molar-refractivity contribution in [2.45, 2.75) is 20.3 Å². The standard InChI is InChI=1S/C14H20N2O4/c1-4-10(13(17)18)8-15-14(19)16-11-5-6-12(20-3)9(2)7-11/h5-7,10H,4,8H2,1-3H3,(H,17,18)(H2,15,16,19). The van der Waals surface area contributed by atoms with Gasteiger partial charge in [0, 0.05) is 12.2 Å². The molecule has 1 rings (SSSR count). The van der Waals surface area contributed by atoms with Crippen LogP contribution in [0.25, 0.3) is 0 Å². The van der Waals surface area contributed by atoms with Crippen molar-refractivity contribution in [1.82, 2.24) is 5.32 Å². The summed E-state index contributed by atoms with van der Waals surface area (Å²) in [5, 5.41) is 14.1. The molecule has 0 saturated carbocycles. The highest BCUT2D eigenvalue weighted by Gasteiger charge is 2.15. The van der Waals surface area contributed by atoms with Crippen LogP contribution in [-0.2, 0) is 4.79 Å². The van der Waals surface area contributed by atoms with Gasteiger partial charge in [-0.3, -0.25) is 4.79 Å². The van der Waals surface area contributed by atoms with Crippen LogP contribution in [0.2, 0.25) is 0 Å². The zero-order valence-corrected chi connectivity index (χ0v) is 11.9. The van der Waals surface area contributed by atoms with Crippen molar-refractivity contribution in [1.29, 1.82) is 0 Å². The number of amides is 2. The van der Waals surface area contributed by atoms with Gasteiger partial charge in [-0.25, -0.2) is 4.79 Å². The molecule has 6 nitrogen and oxygen atoms in total. The quantitative estimate of drug-likeness (QED) is 0.745. The van der Waals surface area contributed by atoms with Crippen LogP contribution in [0.3, 0.4) is 0 Å². The molecular weight excluding hydrogens is 260 g/mol. The van der Waals surface area contributed by atoms with Crippen molar-refractivity contribution in [3.05, 3.63) is 23.8 Å². The molecule has 0 spiro atoms. The normalized spacial score (nSPS) is 11.6. The van der Waals surface area contributed by atoms with Gasteiger partial charge in [0.05, 0.1) is 13.0 Å². The minimum absolute atomic E-state index is 0.104. The van der Waals surface area contributed by atoms with Gasteiger partial charge in [-0.2, -0.15) is 0 Å². The van der Waals surface area contributed by atoms with E-state index in [4.69, 9.17) is 9.84 Å². The van der Waals surface area contributed by atoms with E-state index in [1.54, 1.807) is 32.2 Å². The molecule has 0 saturated heterocycles.